The van der Waals surface area contributed by atoms with Crippen LogP contribution in [0, 0.1) is 11.3 Å². The molecule has 3 N–H and O–H groups in total. The van der Waals surface area contributed by atoms with Crippen molar-refractivity contribution in [2.24, 2.45) is 5.14 Å². The van der Waals surface area contributed by atoms with Crippen LogP contribution < -0.4 is 9.86 Å². The first-order valence-corrected chi connectivity index (χ1v) is 5.85. The highest BCUT2D eigenvalue weighted by Crippen LogP contribution is 2.37. The van der Waals surface area contributed by atoms with E-state index in [-0.39, 0.29) is 6.04 Å². The number of hydrogen-bond acceptors (Lipinski definition) is 4. The fraction of sp³-hybridized carbons (Fsp3) is 0.300. The van der Waals surface area contributed by atoms with E-state index in [1.807, 2.05) is 6.07 Å². The molecule has 78 valence electrons. The molecule has 1 atom stereocenters. The molecule has 3 nitrogen and oxygen atoms in total. The summed E-state index contributed by atoms with van der Waals surface area (Å²) in [6.07, 6.45) is 1.93. The topological polar surface area (TPSA) is 61.8 Å². The van der Waals surface area contributed by atoms with E-state index in [4.69, 9.17) is 22.0 Å². The molecule has 15 heavy (non-hydrogen) atoms. The zero-order valence-corrected chi connectivity index (χ0v) is 9.53. The van der Waals surface area contributed by atoms with Crippen molar-refractivity contribution >= 4 is 23.7 Å². The number of fused-ring (bicyclic) bond motifs is 1. The molecule has 0 fully saturated rings. The van der Waals surface area contributed by atoms with E-state index in [1.165, 1.54) is 0 Å². The molecule has 0 radical (unpaired) electrons. The van der Waals surface area contributed by atoms with Gasteiger partial charge in [0.1, 0.15) is 0 Å². The Balaban J connectivity index is 2.42. The van der Waals surface area contributed by atoms with Crippen LogP contribution in [0.25, 0.3) is 0 Å². The molecule has 1 aliphatic carbocycles. The second-order valence-electron chi connectivity index (χ2n) is 3.47. The lowest BCUT2D eigenvalue weighted by Gasteiger charge is -2.12. The number of nitrogens with one attached hydrogen (secondary N) is 1. The highest BCUT2D eigenvalue weighted by Gasteiger charge is 2.25. The normalized spacial score (nSPS) is 18.6. The standard InChI is InChI=1S/C10H10ClN3S/c11-8-4-6(5-12)3-7-1-2-9(10(7)8)14-15-13/h3-4,9,14H,1-2,13H2. The third-order valence-electron chi connectivity index (χ3n) is 2.61. The van der Waals surface area contributed by atoms with Crippen molar-refractivity contribution in [2.75, 3.05) is 0 Å². The van der Waals surface area contributed by atoms with E-state index in [0.29, 0.717) is 10.6 Å². The van der Waals surface area contributed by atoms with E-state index in [2.05, 4.69) is 10.8 Å². The molecule has 0 amide bonds. The molecule has 0 saturated heterocycles. The summed E-state index contributed by atoms with van der Waals surface area (Å²) in [5, 5.41) is 14.9. The van der Waals surface area contributed by atoms with Gasteiger partial charge in [-0.3, -0.25) is 5.14 Å². The summed E-state index contributed by atoms with van der Waals surface area (Å²) in [6, 6.07) is 5.93. The average Bonchev–Trinajstić information content (AvgIpc) is 2.62. The Labute approximate surface area is 97.9 Å². The van der Waals surface area contributed by atoms with Gasteiger partial charge in [-0.1, -0.05) is 11.6 Å². The number of hydrogen-bond donors (Lipinski definition) is 2. The quantitative estimate of drug-likeness (QED) is 0.778. The molecule has 1 aliphatic rings. The fourth-order valence-corrected chi connectivity index (χ4v) is 2.75. The minimum Gasteiger partial charge on any atom is -0.264 e. The second-order valence-corrected chi connectivity index (χ2v) is 4.35. The first kappa shape index (κ1) is 10.8. The Hall–Kier alpha value is -0.730. The van der Waals surface area contributed by atoms with Gasteiger partial charge in [-0.15, -0.1) is 0 Å². The molecule has 1 unspecified atom stereocenters. The third kappa shape index (κ3) is 1.97. The Morgan fingerprint density at radius 3 is 3.07 bits per heavy atom. The number of benzene rings is 1. The summed E-state index contributed by atoms with van der Waals surface area (Å²) in [4.78, 5) is 0. The number of nitrogens with two attached hydrogens (primary N) is 1. The predicted molar refractivity (Wildman–Crippen MR) is 62.1 cm³/mol. The van der Waals surface area contributed by atoms with Crippen molar-refractivity contribution in [2.45, 2.75) is 18.9 Å². The minimum atomic E-state index is 0.204. The van der Waals surface area contributed by atoms with Crippen LogP contribution in [0.3, 0.4) is 0 Å². The number of nitriles is 1. The van der Waals surface area contributed by atoms with Crippen molar-refractivity contribution in [3.05, 3.63) is 33.8 Å². The molecule has 0 spiro atoms. The zero-order chi connectivity index (χ0) is 10.8. The summed E-state index contributed by atoms with van der Waals surface area (Å²) in [6.45, 7) is 0. The largest absolute Gasteiger partial charge is 0.264 e. The first-order valence-electron chi connectivity index (χ1n) is 4.60. The molecule has 0 heterocycles. The lowest BCUT2D eigenvalue weighted by Crippen LogP contribution is -2.13. The molecule has 5 heteroatoms. The molecular formula is C10H10ClN3S. The van der Waals surface area contributed by atoms with Crippen LogP contribution in [-0.2, 0) is 6.42 Å². The average molecular weight is 240 g/mol. The van der Waals surface area contributed by atoms with Gasteiger partial charge in [-0.25, -0.2) is 4.72 Å². The summed E-state index contributed by atoms with van der Waals surface area (Å²) in [5.41, 5.74) is 2.87. The van der Waals surface area contributed by atoms with Crippen LogP contribution in [0.1, 0.15) is 29.2 Å². The first-order chi connectivity index (χ1) is 7.26. The molecule has 1 aromatic carbocycles. The van der Waals surface area contributed by atoms with Gasteiger partial charge in [0.05, 0.1) is 11.6 Å². The van der Waals surface area contributed by atoms with Crippen molar-refractivity contribution < 1.29 is 0 Å². The van der Waals surface area contributed by atoms with Gasteiger partial charge in [0.15, 0.2) is 0 Å². The molecule has 0 bridgehead atoms. The van der Waals surface area contributed by atoms with Crippen molar-refractivity contribution in [1.29, 1.82) is 5.26 Å². The predicted octanol–water partition coefficient (Wildman–Crippen LogP) is 2.31. The van der Waals surface area contributed by atoms with Gasteiger partial charge in [0.2, 0.25) is 0 Å². The summed E-state index contributed by atoms with van der Waals surface area (Å²) >= 11 is 7.25. The van der Waals surface area contributed by atoms with Crippen LogP contribution in [-0.4, -0.2) is 0 Å². The van der Waals surface area contributed by atoms with Crippen LogP contribution >= 0.6 is 23.7 Å². The van der Waals surface area contributed by atoms with Gasteiger partial charge >= 0.3 is 0 Å². The lowest BCUT2D eigenvalue weighted by atomic mass is 10.1. The molecular weight excluding hydrogens is 230 g/mol. The monoisotopic (exact) mass is 239 g/mol. The Kier molecular flexibility index (Phi) is 3.17. The number of rotatable bonds is 2. The van der Waals surface area contributed by atoms with E-state index in [0.717, 1.165) is 36.1 Å². The van der Waals surface area contributed by atoms with Crippen LogP contribution in [0.4, 0.5) is 0 Å². The summed E-state index contributed by atoms with van der Waals surface area (Å²) < 4.78 is 3.11. The number of nitrogens with zero attached hydrogens (tertiary/aromatic N) is 1. The maximum Gasteiger partial charge on any atom is 0.0992 e. The van der Waals surface area contributed by atoms with E-state index in [9.17, 15) is 0 Å². The van der Waals surface area contributed by atoms with E-state index < -0.39 is 0 Å². The van der Waals surface area contributed by atoms with Crippen molar-refractivity contribution in [3.8, 4) is 6.07 Å². The maximum absolute atomic E-state index is 8.81. The van der Waals surface area contributed by atoms with Crippen molar-refractivity contribution in [1.82, 2.24) is 4.72 Å². The Morgan fingerprint density at radius 1 is 1.60 bits per heavy atom. The zero-order valence-electron chi connectivity index (χ0n) is 7.96. The highest BCUT2D eigenvalue weighted by molar-refractivity contribution is 7.95. The van der Waals surface area contributed by atoms with Crippen molar-refractivity contribution in [3.63, 3.8) is 0 Å². The molecule has 0 saturated carbocycles. The summed E-state index contributed by atoms with van der Waals surface area (Å²) in [7, 11) is 0. The smallest absolute Gasteiger partial charge is 0.0992 e. The van der Waals surface area contributed by atoms with Gasteiger partial charge in [0.25, 0.3) is 0 Å². The van der Waals surface area contributed by atoms with Crippen LogP contribution in [0.15, 0.2) is 12.1 Å². The van der Waals surface area contributed by atoms with Gasteiger partial charge in [0, 0.05) is 23.2 Å². The fourth-order valence-electron chi connectivity index (χ4n) is 1.98. The highest BCUT2D eigenvalue weighted by atomic mass is 35.5. The van der Waals surface area contributed by atoms with E-state index in [1.54, 1.807) is 6.07 Å². The second kappa shape index (κ2) is 4.42. The molecule has 1 aromatic rings. The molecule has 0 aliphatic heterocycles. The number of aryl methyl sites for hydroxylation is 1. The summed E-state index contributed by atoms with van der Waals surface area (Å²) in [5.74, 6) is 0. The van der Waals surface area contributed by atoms with Crippen LogP contribution in [0.5, 0.6) is 0 Å². The SMILES string of the molecule is N#Cc1cc(Cl)c2c(c1)CCC2NSN. The Bertz CT molecular complexity index is 427. The van der Waals surface area contributed by atoms with E-state index >= 15 is 0 Å². The lowest BCUT2D eigenvalue weighted by molar-refractivity contribution is 0.667. The van der Waals surface area contributed by atoms with Gasteiger partial charge < -0.3 is 0 Å². The minimum absolute atomic E-state index is 0.204. The third-order valence-corrected chi connectivity index (χ3v) is 3.34. The number of halogens is 1. The van der Waals surface area contributed by atoms with Gasteiger partial charge in [-0.2, -0.15) is 5.26 Å². The maximum atomic E-state index is 8.81. The Morgan fingerprint density at radius 2 is 2.40 bits per heavy atom. The van der Waals surface area contributed by atoms with Gasteiger partial charge in [-0.05, 0) is 36.1 Å². The van der Waals surface area contributed by atoms with Crippen LogP contribution in [0.2, 0.25) is 5.02 Å². The molecule has 2 rings (SSSR count). The molecule has 0 aromatic heterocycles.